The maximum absolute atomic E-state index is 13.4. The van der Waals surface area contributed by atoms with Gasteiger partial charge in [0.2, 0.25) is 11.8 Å². The smallest absolute Gasteiger partial charge is 0.270 e. The number of thiazole rings is 1. The second-order valence-electron chi connectivity index (χ2n) is 9.54. The molecule has 0 saturated carbocycles. The van der Waals surface area contributed by atoms with E-state index in [0.29, 0.717) is 49.4 Å². The zero-order valence-electron chi connectivity index (χ0n) is 22.2. The van der Waals surface area contributed by atoms with Crippen LogP contribution in [0.3, 0.4) is 0 Å². The van der Waals surface area contributed by atoms with E-state index >= 15 is 0 Å². The minimum absolute atomic E-state index is 0.186. The second-order valence-corrected chi connectivity index (χ2v) is 10.4. The zero-order chi connectivity index (χ0) is 28.5. The number of rotatable bonds is 5. The number of anilines is 1. The summed E-state index contributed by atoms with van der Waals surface area (Å²) in [5, 5.41) is 13.7. The Labute approximate surface area is 236 Å². The number of pyridine rings is 1. The summed E-state index contributed by atoms with van der Waals surface area (Å²) in [6.45, 7) is 2.19. The Kier molecular flexibility index (Phi) is 9.79. The van der Waals surface area contributed by atoms with Crippen molar-refractivity contribution >= 4 is 40.8 Å². The normalized spacial score (nSPS) is 20.6. The number of aromatic nitrogens is 2. The van der Waals surface area contributed by atoms with Crippen LogP contribution < -0.4 is 27.0 Å². The first kappa shape index (κ1) is 28.7. The van der Waals surface area contributed by atoms with Gasteiger partial charge in [-0.3, -0.25) is 19.2 Å². The van der Waals surface area contributed by atoms with E-state index in [-0.39, 0.29) is 23.2 Å². The van der Waals surface area contributed by atoms with Gasteiger partial charge in [0, 0.05) is 23.7 Å². The molecule has 1 aromatic carbocycles. The maximum atomic E-state index is 13.4. The number of nitrogens with two attached hydrogens (primary N) is 1. The average Bonchev–Trinajstić information content (AvgIpc) is 3.45. The number of fused-ring (bicyclic) bond motifs is 2. The monoisotopic (exact) mass is 563 g/mol. The number of nitrogens with zero attached hydrogens (tertiary/aromatic N) is 2. The van der Waals surface area contributed by atoms with Crippen LogP contribution in [0.1, 0.15) is 70.1 Å². The molecule has 0 aliphatic carbocycles. The van der Waals surface area contributed by atoms with Crippen molar-refractivity contribution in [1.29, 1.82) is 0 Å². The molecule has 0 unspecified atom stereocenters. The Hall–Kier alpha value is -4.32. The fraction of sp³-hybridized carbons (Fsp3) is 0.357. The fourth-order valence-electron chi connectivity index (χ4n) is 4.37. The Morgan fingerprint density at radius 2 is 1.85 bits per heavy atom. The first-order chi connectivity index (χ1) is 19.3. The van der Waals surface area contributed by atoms with Gasteiger partial charge in [-0.2, -0.15) is 0 Å². The van der Waals surface area contributed by atoms with Gasteiger partial charge in [0.1, 0.15) is 28.6 Å². The highest BCUT2D eigenvalue weighted by atomic mass is 32.1. The molecule has 210 valence electrons. The molecule has 0 spiro atoms. The molecule has 3 heterocycles. The van der Waals surface area contributed by atoms with Crippen molar-refractivity contribution in [3.05, 3.63) is 75.9 Å². The third kappa shape index (κ3) is 7.63. The molecule has 0 fully saturated rings. The fourth-order valence-corrected chi connectivity index (χ4v) is 5.22. The van der Waals surface area contributed by atoms with Crippen LogP contribution in [0.4, 0.5) is 5.82 Å². The van der Waals surface area contributed by atoms with Crippen LogP contribution >= 0.6 is 11.3 Å². The van der Waals surface area contributed by atoms with E-state index in [1.54, 1.807) is 12.3 Å². The number of hydrogen-bond acceptors (Lipinski definition) is 8. The minimum Gasteiger partial charge on any atom is -0.384 e. The highest BCUT2D eigenvalue weighted by Crippen LogP contribution is 2.23. The molecule has 0 saturated heterocycles. The van der Waals surface area contributed by atoms with Crippen molar-refractivity contribution < 1.29 is 19.2 Å². The van der Waals surface area contributed by atoms with Gasteiger partial charge in [-0.05, 0) is 49.8 Å². The molecule has 4 rings (SSSR count). The van der Waals surface area contributed by atoms with Crippen LogP contribution in [0.2, 0.25) is 0 Å². The predicted molar refractivity (Wildman–Crippen MR) is 151 cm³/mol. The lowest BCUT2D eigenvalue weighted by Crippen LogP contribution is -2.54. The number of nitrogen functional groups attached to an aromatic ring is 1. The summed E-state index contributed by atoms with van der Waals surface area (Å²) in [4.78, 5) is 60.8. The minimum atomic E-state index is -0.897. The lowest BCUT2D eigenvalue weighted by molar-refractivity contribution is -0.130. The average molecular weight is 564 g/mol. The number of hydrogen-bond donors (Lipinski definition) is 5. The first-order valence-corrected chi connectivity index (χ1v) is 14.1. The summed E-state index contributed by atoms with van der Waals surface area (Å²) >= 11 is 1.30. The third-order valence-corrected chi connectivity index (χ3v) is 7.52. The van der Waals surface area contributed by atoms with Gasteiger partial charge < -0.3 is 27.0 Å². The summed E-state index contributed by atoms with van der Waals surface area (Å²) in [6, 6.07) is 10.3. The van der Waals surface area contributed by atoms with Gasteiger partial charge in [0.25, 0.3) is 11.8 Å². The van der Waals surface area contributed by atoms with Crippen molar-refractivity contribution in [3.8, 4) is 0 Å². The zero-order valence-corrected chi connectivity index (χ0v) is 23.0. The third-order valence-electron chi connectivity index (χ3n) is 6.56. The molecular weight excluding hydrogens is 530 g/mol. The lowest BCUT2D eigenvalue weighted by Gasteiger charge is -2.25. The lowest BCUT2D eigenvalue weighted by atomic mass is 10.0. The highest BCUT2D eigenvalue weighted by molar-refractivity contribution is 7.09. The summed E-state index contributed by atoms with van der Waals surface area (Å²) < 4.78 is 0. The van der Waals surface area contributed by atoms with Crippen molar-refractivity contribution in [3.63, 3.8) is 0 Å². The molecule has 4 amide bonds. The van der Waals surface area contributed by atoms with Crippen molar-refractivity contribution in [1.82, 2.24) is 31.2 Å². The van der Waals surface area contributed by atoms with E-state index in [1.165, 1.54) is 29.7 Å². The van der Waals surface area contributed by atoms with Crippen LogP contribution in [-0.4, -0.2) is 52.2 Å². The molecule has 12 heteroatoms. The van der Waals surface area contributed by atoms with Crippen LogP contribution in [0.5, 0.6) is 0 Å². The number of nitrogens with one attached hydrogen (secondary N) is 4. The first-order valence-electron chi connectivity index (χ1n) is 13.2. The highest BCUT2D eigenvalue weighted by Gasteiger charge is 2.29. The Morgan fingerprint density at radius 3 is 2.60 bits per heavy atom. The van der Waals surface area contributed by atoms with E-state index in [9.17, 15) is 19.2 Å². The quantitative estimate of drug-likeness (QED) is 0.317. The topological polar surface area (TPSA) is 168 Å². The van der Waals surface area contributed by atoms with Crippen LogP contribution in [0.15, 0.2) is 54.0 Å². The molecule has 2 aromatic heterocycles. The van der Waals surface area contributed by atoms with E-state index < -0.39 is 29.9 Å². The molecule has 6 N–H and O–H groups in total. The van der Waals surface area contributed by atoms with Gasteiger partial charge in [-0.1, -0.05) is 37.3 Å². The maximum Gasteiger partial charge on any atom is 0.270 e. The number of benzene rings is 1. The Bertz CT molecular complexity index is 1350. The predicted octanol–water partition coefficient (Wildman–Crippen LogP) is 2.13. The molecular formula is C28H33N7O4S. The molecule has 3 atom stereocenters. The number of amides is 4. The molecule has 11 nitrogen and oxygen atoms in total. The van der Waals surface area contributed by atoms with Gasteiger partial charge in [0.05, 0.1) is 6.04 Å². The SMILES string of the molecule is CC[C@H]1NC(=O)[C@@H](NC(=O)c2ccnc(N)c2)CCCCNC(=O)c2csc(n2)[C@H](Cc2ccccc2)NC1=O. The van der Waals surface area contributed by atoms with Gasteiger partial charge >= 0.3 is 0 Å². The van der Waals surface area contributed by atoms with Gasteiger partial charge in [-0.15, -0.1) is 11.3 Å². The largest absolute Gasteiger partial charge is 0.384 e. The molecule has 3 aromatic rings. The molecule has 2 bridgehead atoms. The number of carbonyl (C=O) groups excluding carboxylic acids is 4. The van der Waals surface area contributed by atoms with E-state index in [0.717, 1.165) is 5.56 Å². The second kappa shape index (κ2) is 13.7. The standard InChI is InChI=1S/C28H33N7O4S/c1-2-19-26(38)34-21(14-17-8-4-3-5-9-17)28-35-22(16-40-28)25(37)31-12-7-6-10-20(27(39)32-19)33-24(36)18-11-13-30-23(29)15-18/h3-5,8-9,11,13,15-16,19-21H,2,6-7,10,12,14H2,1H3,(H2,29,30)(H,31,37)(H,32,39)(H,33,36)(H,34,38)/t19-,20+,21+/m1/s1. The van der Waals surface area contributed by atoms with E-state index in [2.05, 4.69) is 31.2 Å². The van der Waals surface area contributed by atoms with Crippen molar-refractivity contribution in [2.75, 3.05) is 12.3 Å². The van der Waals surface area contributed by atoms with Gasteiger partial charge in [-0.25, -0.2) is 9.97 Å². The molecule has 0 radical (unpaired) electrons. The van der Waals surface area contributed by atoms with Crippen LogP contribution in [-0.2, 0) is 16.0 Å². The van der Waals surface area contributed by atoms with Crippen LogP contribution in [0, 0.1) is 0 Å². The van der Waals surface area contributed by atoms with Gasteiger partial charge in [0.15, 0.2) is 0 Å². The molecule has 1 aliphatic heterocycles. The summed E-state index contributed by atoms with van der Waals surface area (Å²) in [5.41, 5.74) is 7.26. The summed E-state index contributed by atoms with van der Waals surface area (Å²) in [5.74, 6) is -1.44. The Morgan fingerprint density at radius 1 is 1.07 bits per heavy atom. The number of carbonyl (C=O) groups is 4. The summed E-state index contributed by atoms with van der Waals surface area (Å²) in [7, 11) is 0. The van der Waals surface area contributed by atoms with E-state index in [1.807, 2.05) is 30.3 Å². The van der Waals surface area contributed by atoms with E-state index in [4.69, 9.17) is 5.73 Å². The molecule has 1 aliphatic rings. The summed E-state index contributed by atoms with van der Waals surface area (Å²) in [6.07, 6.45) is 3.65. The van der Waals surface area contributed by atoms with Crippen molar-refractivity contribution in [2.45, 2.75) is 57.2 Å². The van der Waals surface area contributed by atoms with Crippen molar-refractivity contribution in [2.24, 2.45) is 0 Å². The Balaban J connectivity index is 1.57. The molecule has 40 heavy (non-hydrogen) atoms. The van der Waals surface area contributed by atoms with Crippen LogP contribution in [0.25, 0.3) is 0 Å².